The second kappa shape index (κ2) is 4.26. The third-order valence-corrected chi connectivity index (χ3v) is 5.06. The molecular formula is C14H24N2O. The molecule has 0 aromatic heterocycles. The van der Waals surface area contributed by atoms with Crippen molar-refractivity contribution in [3.05, 3.63) is 0 Å². The van der Waals surface area contributed by atoms with Gasteiger partial charge in [0, 0.05) is 12.0 Å². The summed E-state index contributed by atoms with van der Waals surface area (Å²) in [6.45, 7) is 5.80. The van der Waals surface area contributed by atoms with Crippen LogP contribution in [0.5, 0.6) is 0 Å². The number of piperidine rings is 1. The summed E-state index contributed by atoms with van der Waals surface area (Å²) in [5, 5.41) is 24.2. The van der Waals surface area contributed by atoms with E-state index in [1.54, 1.807) is 0 Å². The molecule has 1 aliphatic carbocycles. The van der Waals surface area contributed by atoms with Crippen LogP contribution in [0.2, 0.25) is 0 Å². The molecule has 1 unspecified atom stereocenters. The summed E-state index contributed by atoms with van der Waals surface area (Å²) in [6.07, 6.45) is 5.80. The van der Waals surface area contributed by atoms with E-state index in [9.17, 15) is 10.4 Å². The van der Waals surface area contributed by atoms with Crippen molar-refractivity contribution >= 4 is 0 Å². The molecule has 1 atom stereocenters. The van der Waals surface area contributed by atoms with Crippen LogP contribution in [0.4, 0.5) is 0 Å². The van der Waals surface area contributed by atoms with Crippen molar-refractivity contribution in [2.75, 3.05) is 13.1 Å². The minimum absolute atomic E-state index is 0.224. The highest BCUT2D eigenvalue weighted by atomic mass is 16.3. The van der Waals surface area contributed by atoms with Crippen LogP contribution in [0, 0.1) is 22.2 Å². The lowest BCUT2D eigenvalue weighted by molar-refractivity contribution is -0.167. The van der Waals surface area contributed by atoms with Crippen molar-refractivity contribution in [1.82, 2.24) is 5.32 Å². The Bertz CT molecular complexity index is 326. The summed E-state index contributed by atoms with van der Waals surface area (Å²) in [5.41, 5.74) is -1.57. The predicted octanol–water partition coefficient (Wildman–Crippen LogP) is 2.21. The maximum atomic E-state index is 11.2. The van der Waals surface area contributed by atoms with E-state index >= 15 is 0 Å². The van der Waals surface area contributed by atoms with E-state index in [4.69, 9.17) is 0 Å². The fourth-order valence-electron chi connectivity index (χ4n) is 3.82. The van der Waals surface area contributed by atoms with Crippen LogP contribution in [0.25, 0.3) is 0 Å². The van der Waals surface area contributed by atoms with Gasteiger partial charge in [-0.3, -0.25) is 0 Å². The zero-order valence-electron chi connectivity index (χ0n) is 11.1. The Balaban J connectivity index is 2.37. The first-order valence-electron chi connectivity index (χ1n) is 6.82. The van der Waals surface area contributed by atoms with Crippen LogP contribution in [0.15, 0.2) is 0 Å². The molecule has 1 saturated carbocycles. The van der Waals surface area contributed by atoms with Crippen molar-refractivity contribution in [1.29, 1.82) is 5.26 Å². The SMILES string of the molecule is CC1(C)CNCCC1(O)C1(C#N)CCCCC1. The van der Waals surface area contributed by atoms with E-state index in [1.165, 1.54) is 6.42 Å². The van der Waals surface area contributed by atoms with E-state index < -0.39 is 11.0 Å². The number of aliphatic hydroxyl groups is 1. The van der Waals surface area contributed by atoms with Gasteiger partial charge in [-0.25, -0.2) is 0 Å². The van der Waals surface area contributed by atoms with E-state index in [0.29, 0.717) is 6.42 Å². The van der Waals surface area contributed by atoms with Crippen molar-refractivity contribution in [3.8, 4) is 6.07 Å². The van der Waals surface area contributed by atoms with Gasteiger partial charge in [-0.05, 0) is 25.8 Å². The maximum Gasteiger partial charge on any atom is 0.0907 e. The van der Waals surface area contributed by atoms with Crippen molar-refractivity contribution in [3.63, 3.8) is 0 Å². The Morgan fingerprint density at radius 1 is 1.12 bits per heavy atom. The molecule has 3 nitrogen and oxygen atoms in total. The topological polar surface area (TPSA) is 56.0 Å². The van der Waals surface area contributed by atoms with Gasteiger partial charge in [0.15, 0.2) is 0 Å². The van der Waals surface area contributed by atoms with Gasteiger partial charge in [0.2, 0.25) is 0 Å². The minimum atomic E-state index is -0.833. The molecule has 2 aliphatic rings. The molecule has 1 saturated heterocycles. The monoisotopic (exact) mass is 236 g/mol. The van der Waals surface area contributed by atoms with Crippen LogP contribution in [-0.4, -0.2) is 23.8 Å². The molecule has 96 valence electrons. The average Bonchev–Trinajstić information content (AvgIpc) is 2.33. The number of hydrogen-bond donors (Lipinski definition) is 2. The predicted molar refractivity (Wildman–Crippen MR) is 67.3 cm³/mol. The lowest BCUT2D eigenvalue weighted by Gasteiger charge is -2.56. The molecule has 1 heterocycles. The fourth-order valence-corrected chi connectivity index (χ4v) is 3.82. The van der Waals surface area contributed by atoms with Gasteiger partial charge in [0.25, 0.3) is 0 Å². The zero-order chi connectivity index (χ0) is 12.6. The smallest absolute Gasteiger partial charge is 0.0907 e. The molecule has 0 amide bonds. The molecule has 2 N–H and O–H groups in total. The summed E-state index contributed by atoms with van der Waals surface area (Å²) in [6, 6.07) is 2.51. The number of hydrogen-bond acceptors (Lipinski definition) is 3. The molecule has 0 radical (unpaired) electrons. The molecule has 0 aromatic rings. The molecule has 1 aliphatic heterocycles. The average molecular weight is 236 g/mol. The van der Waals surface area contributed by atoms with Gasteiger partial charge < -0.3 is 10.4 Å². The Morgan fingerprint density at radius 2 is 1.76 bits per heavy atom. The zero-order valence-corrected chi connectivity index (χ0v) is 11.1. The Hall–Kier alpha value is -0.590. The summed E-state index contributed by atoms with van der Waals surface area (Å²) in [7, 11) is 0. The van der Waals surface area contributed by atoms with Gasteiger partial charge in [-0.2, -0.15) is 5.26 Å². The largest absolute Gasteiger partial charge is 0.388 e. The molecule has 0 bridgehead atoms. The van der Waals surface area contributed by atoms with E-state index in [1.807, 2.05) is 0 Å². The molecule has 2 fully saturated rings. The van der Waals surface area contributed by atoms with Crippen molar-refractivity contribution in [2.24, 2.45) is 10.8 Å². The highest BCUT2D eigenvalue weighted by Gasteiger charge is 2.59. The van der Waals surface area contributed by atoms with Crippen LogP contribution in [-0.2, 0) is 0 Å². The summed E-state index contributed by atoms with van der Waals surface area (Å²) in [5.74, 6) is 0. The van der Waals surface area contributed by atoms with E-state index in [-0.39, 0.29) is 5.41 Å². The maximum absolute atomic E-state index is 11.2. The molecule has 0 aromatic carbocycles. The van der Waals surface area contributed by atoms with Crippen LogP contribution >= 0.6 is 0 Å². The van der Waals surface area contributed by atoms with E-state index in [2.05, 4.69) is 25.2 Å². The van der Waals surface area contributed by atoms with Crippen molar-refractivity contribution < 1.29 is 5.11 Å². The fraction of sp³-hybridized carbons (Fsp3) is 0.929. The summed E-state index contributed by atoms with van der Waals surface area (Å²) >= 11 is 0. The number of nitriles is 1. The molecular weight excluding hydrogens is 212 g/mol. The molecule has 2 rings (SSSR count). The standard InChI is InChI=1S/C14H24N2O/c1-12(2)11-16-9-8-14(12,17)13(10-15)6-4-3-5-7-13/h16-17H,3-9,11H2,1-2H3. The van der Waals surface area contributed by atoms with Crippen molar-refractivity contribution in [2.45, 2.75) is 58.0 Å². The Morgan fingerprint density at radius 3 is 2.29 bits per heavy atom. The summed E-state index contributed by atoms with van der Waals surface area (Å²) < 4.78 is 0. The van der Waals surface area contributed by atoms with Crippen LogP contribution in [0.1, 0.15) is 52.4 Å². The third-order valence-electron chi connectivity index (χ3n) is 5.06. The quantitative estimate of drug-likeness (QED) is 0.734. The number of nitrogens with one attached hydrogen (secondary N) is 1. The molecule has 0 spiro atoms. The molecule has 17 heavy (non-hydrogen) atoms. The van der Waals surface area contributed by atoms with Crippen LogP contribution < -0.4 is 5.32 Å². The first-order valence-corrected chi connectivity index (χ1v) is 6.82. The Kier molecular flexibility index (Phi) is 3.22. The van der Waals surface area contributed by atoms with Gasteiger partial charge in [0.1, 0.15) is 0 Å². The second-order valence-electron chi connectivity index (χ2n) is 6.43. The van der Waals surface area contributed by atoms with Gasteiger partial charge in [-0.1, -0.05) is 33.1 Å². The minimum Gasteiger partial charge on any atom is -0.388 e. The van der Waals surface area contributed by atoms with Gasteiger partial charge in [-0.15, -0.1) is 0 Å². The third kappa shape index (κ3) is 1.78. The second-order valence-corrected chi connectivity index (χ2v) is 6.43. The first kappa shape index (κ1) is 12.9. The first-order chi connectivity index (χ1) is 7.97. The Labute approximate surface area is 104 Å². The number of nitrogens with zero attached hydrogens (tertiary/aromatic N) is 1. The lowest BCUT2D eigenvalue weighted by Crippen LogP contribution is -2.64. The van der Waals surface area contributed by atoms with Gasteiger partial charge in [0.05, 0.1) is 17.1 Å². The summed E-state index contributed by atoms with van der Waals surface area (Å²) in [4.78, 5) is 0. The lowest BCUT2D eigenvalue weighted by atomic mass is 9.53. The van der Waals surface area contributed by atoms with Gasteiger partial charge >= 0.3 is 0 Å². The van der Waals surface area contributed by atoms with E-state index in [0.717, 1.165) is 38.8 Å². The highest BCUT2D eigenvalue weighted by Crippen LogP contribution is 2.54. The highest BCUT2D eigenvalue weighted by molar-refractivity contribution is 5.18. The normalized spacial score (nSPS) is 36.1. The molecule has 3 heteroatoms. The number of rotatable bonds is 1. The van der Waals surface area contributed by atoms with Crippen LogP contribution in [0.3, 0.4) is 0 Å².